The normalized spacial score (nSPS) is 11.9. The van der Waals surface area contributed by atoms with E-state index in [9.17, 15) is 5.11 Å². The lowest BCUT2D eigenvalue weighted by Gasteiger charge is -2.22. The molecule has 0 spiro atoms. The molecule has 0 aliphatic rings. The molecule has 2 aromatic rings. The lowest BCUT2D eigenvalue weighted by Crippen LogP contribution is -2.14. The standard InChI is InChI=1S/C15H19N3O/c1-11(12-6-4-5-7-15(12)19)17-13-10-16-9-8-14(13)18(2)3/h4-11,17,19H,1-3H3. The Kier molecular flexibility index (Phi) is 3.90. The first kappa shape index (κ1) is 13.2. The topological polar surface area (TPSA) is 48.4 Å². The molecule has 100 valence electrons. The highest BCUT2D eigenvalue weighted by Crippen LogP contribution is 2.30. The maximum absolute atomic E-state index is 9.87. The number of anilines is 2. The SMILES string of the molecule is CC(Nc1cnccc1N(C)C)c1ccccc1O. The van der Waals surface area contributed by atoms with Crippen LogP contribution in [0.4, 0.5) is 11.4 Å². The van der Waals surface area contributed by atoms with Gasteiger partial charge in [-0.05, 0) is 19.1 Å². The number of nitrogens with one attached hydrogen (secondary N) is 1. The fraction of sp³-hybridized carbons (Fsp3) is 0.267. The molecule has 0 aliphatic heterocycles. The molecule has 0 radical (unpaired) electrons. The summed E-state index contributed by atoms with van der Waals surface area (Å²) in [6.07, 6.45) is 3.57. The van der Waals surface area contributed by atoms with Gasteiger partial charge >= 0.3 is 0 Å². The summed E-state index contributed by atoms with van der Waals surface area (Å²) in [5.74, 6) is 0.304. The van der Waals surface area contributed by atoms with E-state index in [1.54, 1.807) is 18.5 Å². The molecule has 4 heteroatoms. The highest BCUT2D eigenvalue weighted by atomic mass is 16.3. The second-order valence-electron chi connectivity index (χ2n) is 4.71. The summed E-state index contributed by atoms with van der Waals surface area (Å²) in [5.41, 5.74) is 2.89. The zero-order valence-electron chi connectivity index (χ0n) is 11.5. The second kappa shape index (κ2) is 5.61. The molecule has 19 heavy (non-hydrogen) atoms. The van der Waals surface area contributed by atoms with Crippen molar-refractivity contribution < 1.29 is 5.11 Å². The van der Waals surface area contributed by atoms with Gasteiger partial charge < -0.3 is 15.3 Å². The molecule has 1 aromatic heterocycles. The van der Waals surface area contributed by atoms with Crippen LogP contribution in [0.25, 0.3) is 0 Å². The van der Waals surface area contributed by atoms with E-state index >= 15 is 0 Å². The van der Waals surface area contributed by atoms with Gasteiger partial charge in [-0.2, -0.15) is 0 Å². The predicted molar refractivity (Wildman–Crippen MR) is 78.7 cm³/mol. The molecule has 4 nitrogen and oxygen atoms in total. The number of hydrogen-bond donors (Lipinski definition) is 2. The van der Waals surface area contributed by atoms with Crippen LogP contribution in [-0.2, 0) is 0 Å². The number of para-hydroxylation sites is 1. The van der Waals surface area contributed by atoms with Gasteiger partial charge in [-0.15, -0.1) is 0 Å². The molecule has 0 fully saturated rings. The van der Waals surface area contributed by atoms with Gasteiger partial charge in [0.15, 0.2) is 0 Å². The average molecular weight is 257 g/mol. The van der Waals surface area contributed by atoms with Crippen molar-refractivity contribution in [3.05, 3.63) is 48.3 Å². The van der Waals surface area contributed by atoms with Gasteiger partial charge in [-0.25, -0.2) is 0 Å². The zero-order chi connectivity index (χ0) is 13.8. The number of phenolic OH excluding ortho intramolecular Hbond substituents is 1. The summed E-state index contributed by atoms with van der Waals surface area (Å²) >= 11 is 0. The number of nitrogens with zero attached hydrogens (tertiary/aromatic N) is 2. The van der Waals surface area contributed by atoms with Crippen LogP contribution in [0.3, 0.4) is 0 Å². The smallest absolute Gasteiger partial charge is 0.120 e. The summed E-state index contributed by atoms with van der Waals surface area (Å²) < 4.78 is 0. The van der Waals surface area contributed by atoms with E-state index in [1.165, 1.54) is 0 Å². The molecule has 0 amide bonds. The zero-order valence-corrected chi connectivity index (χ0v) is 11.5. The van der Waals surface area contributed by atoms with Gasteiger partial charge in [-0.3, -0.25) is 4.98 Å². The molecule has 2 N–H and O–H groups in total. The lowest BCUT2D eigenvalue weighted by atomic mass is 10.1. The third-order valence-electron chi connectivity index (χ3n) is 3.06. The summed E-state index contributed by atoms with van der Waals surface area (Å²) in [6.45, 7) is 2.02. The first-order chi connectivity index (χ1) is 9.09. The van der Waals surface area contributed by atoms with Gasteiger partial charge in [0.1, 0.15) is 5.75 Å². The molecule has 0 bridgehead atoms. The van der Waals surface area contributed by atoms with E-state index < -0.39 is 0 Å². The van der Waals surface area contributed by atoms with Crippen molar-refractivity contribution in [2.24, 2.45) is 0 Å². The Morgan fingerprint density at radius 3 is 2.63 bits per heavy atom. The van der Waals surface area contributed by atoms with Crippen LogP contribution in [0.2, 0.25) is 0 Å². The number of hydrogen-bond acceptors (Lipinski definition) is 4. The van der Waals surface area contributed by atoms with Crippen LogP contribution < -0.4 is 10.2 Å². The third kappa shape index (κ3) is 2.96. The van der Waals surface area contributed by atoms with Crippen molar-refractivity contribution in [1.29, 1.82) is 0 Å². The number of rotatable bonds is 4. The average Bonchev–Trinajstić information content (AvgIpc) is 2.39. The molecular formula is C15H19N3O. The largest absolute Gasteiger partial charge is 0.508 e. The quantitative estimate of drug-likeness (QED) is 0.884. The first-order valence-electron chi connectivity index (χ1n) is 6.25. The third-order valence-corrected chi connectivity index (χ3v) is 3.06. The lowest BCUT2D eigenvalue weighted by molar-refractivity contribution is 0.465. The predicted octanol–water partition coefficient (Wildman–Crippen LogP) is 3.03. The van der Waals surface area contributed by atoms with Crippen molar-refractivity contribution in [1.82, 2.24) is 4.98 Å². The number of benzene rings is 1. The van der Waals surface area contributed by atoms with E-state index in [2.05, 4.69) is 10.3 Å². The molecule has 1 atom stereocenters. The van der Waals surface area contributed by atoms with Crippen LogP contribution in [0.15, 0.2) is 42.7 Å². The van der Waals surface area contributed by atoms with Gasteiger partial charge in [0, 0.05) is 25.9 Å². The Balaban J connectivity index is 2.24. The van der Waals surface area contributed by atoms with E-state index in [-0.39, 0.29) is 6.04 Å². The van der Waals surface area contributed by atoms with E-state index in [1.807, 2.05) is 50.2 Å². The minimum atomic E-state index is 0.00380. The van der Waals surface area contributed by atoms with Crippen LogP contribution in [0.5, 0.6) is 5.75 Å². The molecule has 2 rings (SSSR count). The number of aromatic nitrogens is 1. The summed E-state index contributed by atoms with van der Waals surface area (Å²) in [7, 11) is 3.98. The molecular weight excluding hydrogens is 238 g/mol. The second-order valence-corrected chi connectivity index (χ2v) is 4.71. The minimum absolute atomic E-state index is 0.00380. The summed E-state index contributed by atoms with van der Waals surface area (Å²) in [5, 5.41) is 13.3. The van der Waals surface area contributed by atoms with Crippen molar-refractivity contribution >= 4 is 11.4 Å². The van der Waals surface area contributed by atoms with Crippen LogP contribution >= 0.6 is 0 Å². The Labute approximate surface area is 113 Å². The number of phenols is 1. The van der Waals surface area contributed by atoms with Gasteiger partial charge in [-0.1, -0.05) is 18.2 Å². The Morgan fingerprint density at radius 1 is 1.21 bits per heavy atom. The van der Waals surface area contributed by atoms with E-state index in [4.69, 9.17) is 0 Å². The highest BCUT2D eigenvalue weighted by molar-refractivity contribution is 5.68. The summed E-state index contributed by atoms with van der Waals surface area (Å²) in [6, 6.07) is 9.32. The highest BCUT2D eigenvalue weighted by Gasteiger charge is 2.12. The molecule has 0 saturated heterocycles. The van der Waals surface area contributed by atoms with Crippen LogP contribution in [0.1, 0.15) is 18.5 Å². The Bertz CT molecular complexity index is 555. The monoisotopic (exact) mass is 257 g/mol. The number of aromatic hydroxyl groups is 1. The molecule has 0 aliphatic carbocycles. The Morgan fingerprint density at radius 2 is 1.95 bits per heavy atom. The van der Waals surface area contributed by atoms with Gasteiger partial charge in [0.25, 0.3) is 0 Å². The van der Waals surface area contributed by atoms with Crippen molar-refractivity contribution in [2.45, 2.75) is 13.0 Å². The van der Waals surface area contributed by atoms with E-state index in [0.29, 0.717) is 5.75 Å². The fourth-order valence-electron chi connectivity index (χ4n) is 2.05. The van der Waals surface area contributed by atoms with Crippen LogP contribution in [0, 0.1) is 0 Å². The maximum atomic E-state index is 9.87. The van der Waals surface area contributed by atoms with Crippen molar-refractivity contribution in [2.75, 3.05) is 24.3 Å². The van der Waals surface area contributed by atoms with E-state index in [0.717, 1.165) is 16.9 Å². The molecule has 1 unspecified atom stereocenters. The number of pyridine rings is 1. The fourth-order valence-corrected chi connectivity index (χ4v) is 2.05. The van der Waals surface area contributed by atoms with Crippen LogP contribution in [-0.4, -0.2) is 24.2 Å². The van der Waals surface area contributed by atoms with Gasteiger partial charge in [0.05, 0.1) is 23.6 Å². The van der Waals surface area contributed by atoms with Crippen molar-refractivity contribution in [3.8, 4) is 5.75 Å². The first-order valence-corrected chi connectivity index (χ1v) is 6.25. The van der Waals surface area contributed by atoms with Gasteiger partial charge in [0.2, 0.25) is 0 Å². The van der Waals surface area contributed by atoms with Crippen molar-refractivity contribution in [3.63, 3.8) is 0 Å². The molecule has 1 heterocycles. The summed E-state index contributed by atoms with van der Waals surface area (Å²) in [4.78, 5) is 6.17. The minimum Gasteiger partial charge on any atom is -0.508 e. The maximum Gasteiger partial charge on any atom is 0.120 e. The molecule has 0 saturated carbocycles. The molecule has 1 aromatic carbocycles. The Hall–Kier alpha value is -2.23.